The van der Waals surface area contributed by atoms with Crippen molar-refractivity contribution in [1.82, 2.24) is 9.47 Å². The normalized spacial score (nSPS) is 11.1. The molecule has 4 rings (SSSR count). The number of nitrogens with zero attached hydrogens (tertiary/aromatic N) is 2. The highest BCUT2D eigenvalue weighted by Crippen LogP contribution is 2.19. The Balaban J connectivity index is 1.58. The van der Waals surface area contributed by atoms with E-state index in [1.54, 1.807) is 10.8 Å². The molecule has 0 unspecified atom stereocenters. The molecule has 30 heavy (non-hydrogen) atoms. The van der Waals surface area contributed by atoms with Crippen LogP contribution >= 0.6 is 0 Å². The third kappa shape index (κ3) is 4.56. The van der Waals surface area contributed by atoms with E-state index in [0.717, 1.165) is 10.9 Å². The minimum absolute atomic E-state index is 0.0417. The van der Waals surface area contributed by atoms with Crippen LogP contribution in [-0.2, 0) is 13.1 Å². The van der Waals surface area contributed by atoms with Crippen LogP contribution < -0.4 is 0 Å². The molecule has 0 amide bonds. The summed E-state index contributed by atoms with van der Waals surface area (Å²) in [6, 6.07) is 27.8. The molecule has 0 N–H and O–H groups in total. The van der Waals surface area contributed by atoms with Crippen LogP contribution in [-0.4, -0.2) is 27.7 Å². The molecule has 0 saturated heterocycles. The van der Waals surface area contributed by atoms with Gasteiger partial charge < -0.3 is 0 Å². The molecule has 0 spiro atoms. The molecule has 0 aliphatic heterocycles. The summed E-state index contributed by atoms with van der Waals surface area (Å²) in [4.78, 5) is 27.2. The van der Waals surface area contributed by atoms with E-state index < -0.39 is 0 Å². The van der Waals surface area contributed by atoms with Gasteiger partial charge in [0.25, 0.3) is 0 Å². The van der Waals surface area contributed by atoms with Gasteiger partial charge in [-0.05, 0) is 23.3 Å². The molecule has 0 fully saturated rings. The van der Waals surface area contributed by atoms with Crippen molar-refractivity contribution in [3.05, 3.63) is 108 Å². The van der Waals surface area contributed by atoms with E-state index in [1.165, 1.54) is 18.1 Å². The molecule has 0 radical (unpaired) electrons. The van der Waals surface area contributed by atoms with Crippen molar-refractivity contribution < 1.29 is 9.59 Å². The lowest BCUT2D eigenvalue weighted by atomic mass is 10.1. The summed E-state index contributed by atoms with van der Waals surface area (Å²) in [7, 11) is 0. The second-order valence-corrected chi connectivity index (χ2v) is 7.52. The van der Waals surface area contributed by atoms with Crippen LogP contribution in [0.25, 0.3) is 10.9 Å². The number of aromatic nitrogens is 1. The van der Waals surface area contributed by atoms with E-state index in [-0.39, 0.29) is 11.7 Å². The van der Waals surface area contributed by atoms with Crippen molar-refractivity contribution in [3.8, 4) is 0 Å². The second kappa shape index (κ2) is 8.89. The summed E-state index contributed by atoms with van der Waals surface area (Å²) < 4.78 is 1.58. The summed E-state index contributed by atoms with van der Waals surface area (Å²) in [6.45, 7) is 3.20. The van der Waals surface area contributed by atoms with Crippen molar-refractivity contribution >= 4 is 22.6 Å². The zero-order valence-corrected chi connectivity index (χ0v) is 17.0. The lowest BCUT2D eigenvalue weighted by molar-refractivity contribution is 0.0915. The molecule has 1 aromatic heterocycles. The Bertz CT molecular complexity index is 1120. The number of fused-ring (bicyclic) bond motifs is 1. The van der Waals surface area contributed by atoms with Gasteiger partial charge in [0.05, 0.1) is 12.1 Å². The average molecular weight is 396 g/mol. The van der Waals surface area contributed by atoms with Crippen molar-refractivity contribution in [1.29, 1.82) is 0 Å². The fraction of sp³-hybridized carbons (Fsp3) is 0.154. The van der Waals surface area contributed by atoms with Gasteiger partial charge in [-0.15, -0.1) is 0 Å². The molecule has 4 heteroatoms. The van der Waals surface area contributed by atoms with Gasteiger partial charge in [-0.25, -0.2) is 0 Å². The van der Waals surface area contributed by atoms with E-state index >= 15 is 0 Å². The summed E-state index contributed by atoms with van der Waals surface area (Å²) in [6.07, 6.45) is 1.75. The number of carbonyl (C=O) groups excluding carboxylic acids is 2. The molecule has 150 valence electrons. The quantitative estimate of drug-likeness (QED) is 0.404. The Morgan fingerprint density at radius 3 is 1.97 bits per heavy atom. The van der Waals surface area contributed by atoms with Crippen LogP contribution in [0, 0.1) is 0 Å². The maximum Gasteiger partial charge on any atom is 0.227 e. The van der Waals surface area contributed by atoms with Crippen LogP contribution in [0.3, 0.4) is 0 Å². The molecule has 0 aliphatic rings. The third-order valence-corrected chi connectivity index (χ3v) is 5.22. The summed E-state index contributed by atoms with van der Waals surface area (Å²) in [5.74, 6) is -0.0237. The van der Waals surface area contributed by atoms with Gasteiger partial charge >= 0.3 is 0 Å². The Morgan fingerprint density at radius 2 is 1.40 bits per heavy atom. The highest BCUT2D eigenvalue weighted by Gasteiger charge is 2.15. The van der Waals surface area contributed by atoms with Gasteiger partial charge in [-0.1, -0.05) is 72.8 Å². The Labute approximate surface area is 176 Å². The number of ketones is 1. The van der Waals surface area contributed by atoms with Crippen molar-refractivity contribution in [2.75, 3.05) is 6.54 Å². The van der Waals surface area contributed by atoms with E-state index in [1.807, 2.05) is 60.7 Å². The maximum absolute atomic E-state index is 13.1. The predicted molar refractivity (Wildman–Crippen MR) is 120 cm³/mol. The standard InChI is InChI=1S/C26H24N2O2/c1-20(29)28-15-14-23-12-13-24(16-25(23)28)26(30)19-27(17-21-8-4-2-5-9-21)18-22-10-6-3-7-11-22/h2-16H,17-19H2,1H3. The molecule has 1 heterocycles. The first kappa shape index (κ1) is 19.8. The zero-order valence-electron chi connectivity index (χ0n) is 17.0. The van der Waals surface area contributed by atoms with Gasteiger partial charge in [0.15, 0.2) is 5.78 Å². The van der Waals surface area contributed by atoms with Crippen molar-refractivity contribution in [3.63, 3.8) is 0 Å². The molecule has 0 bridgehead atoms. The molecule has 0 atom stereocenters. The number of Topliss-reactive ketones (excluding diaryl/α,β-unsaturated/α-hetero) is 1. The molecule has 4 nitrogen and oxygen atoms in total. The topological polar surface area (TPSA) is 42.3 Å². The molecule has 0 aliphatic carbocycles. The van der Waals surface area contributed by atoms with Crippen LogP contribution in [0.15, 0.2) is 91.1 Å². The van der Waals surface area contributed by atoms with E-state index in [0.29, 0.717) is 25.2 Å². The number of benzene rings is 3. The first-order valence-corrected chi connectivity index (χ1v) is 10.1. The lowest BCUT2D eigenvalue weighted by Gasteiger charge is -2.22. The Hall–Kier alpha value is -3.50. The summed E-state index contributed by atoms with van der Waals surface area (Å²) in [5.41, 5.74) is 3.73. The maximum atomic E-state index is 13.1. The number of hydrogen-bond donors (Lipinski definition) is 0. The highest BCUT2D eigenvalue weighted by molar-refractivity contribution is 6.02. The molecular weight excluding hydrogens is 372 g/mol. The second-order valence-electron chi connectivity index (χ2n) is 7.52. The summed E-state index contributed by atoms with van der Waals surface area (Å²) in [5, 5.41) is 0.951. The highest BCUT2D eigenvalue weighted by atomic mass is 16.1. The van der Waals surface area contributed by atoms with Gasteiger partial charge in [0.2, 0.25) is 5.91 Å². The third-order valence-electron chi connectivity index (χ3n) is 5.22. The number of carbonyl (C=O) groups is 2. The minimum Gasteiger partial charge on any atom is -0.293 e. The minimum atomic E-state index is -0.0654. The van der Waals surface area contributed by atoms with Gasteiger partial charge in [0, 0.05) is 37.2 Å². The Kier molecular flexibility index (Phi) is 5.87. The number of hydrogen-bond acceptors (Lipinski definition) is 3. The predicted octanol–water partition coefficient (Wildman–Crippen LogP) is 5.19. The lowest BCUT2D eigenvalue weighted by Crippen LogP contribution is -2.29. The van der Waals surface area contributed by atoms with Crippen molar-refractivity contribution in [2.45, 2.75) is 20.0 Å². The first-order valence-electron chi connectivity index (χ1n) is 10.1. The largest absolute Gasteiger partial charge is 0.293 e. The molecular formula is C26H24N2O2. The fourth-order valence-corrected chi connectivity index (χ4v) is 3.72. The van der Waals surface area contributed by atoms with Crippen LogP contribution in [0.2, 0.25) is 0 Å². The average Bonchev–Trinajstić information content (AvgIpc) is 3.19. The Morgan fingerprint density at radius 1 is 0.800 bits per heavy atom. The monoisotopic (exact) mass is 396 g/mol. The fourth-order valence-electron chi connectivity index (χ4n) is 3.72. The van der Waals surface area contributed by atoms with Crippen LogP contribution in [0.4, 0.5) is 0 Å². The van der Waals surface area contributed by atoms with Crippen LogP contribution in [0.1, 0.15) is 33.2 Å². The SMILES string of the molecule is CC(=O)n1ccc2ccc(C(=O)CN(Cc3ccccc3)Cc3ccccc3)cc21. The molecule has 4 aromatic rings. The molecule has 3 aromatic carbocycles. The van der Waals surface area contributed by atoms with Crippen molar-refractivity contribution in [2.24, 2.45) is 0 Å². The van der Waals surface area contributed by atoms with E-state index in [2.05, 4.69) is 29.2 Å². The van der Waals surface area contributed by atoms with Gasteiger partial charge in [0.1, 0.15) is 0 Å². The summed E-state index contributed by atoms with van der Waals surface area (Å²) >= 11 is 0. The smallest absolute Gasteiger partial charge is 0.227 e. The van der Waals surface area contributed by atoms with E-state index in [9.17, 15) is 9.59 Å². The van der Waals surface area contributed by atoms with Gasteiger partial charge in [-0.2, -0.15) is 0 Å². The first-order chi connectivity index (χ1) is 14.6. The molecule has 0 saturated carbocycles. The number of rotatable bonds is 7. The zero-order chi connectivity index (χ0) is 20.9. The van der Waals surface area contributed by atoms with Gasteiger partial charge in [-0.3, -0.25) is 19.1 Å². The van der Waals surface area contributed by atoms with E-state index in [4.69, 9.17) is 0 Å². The van der Waals surface area contributed by atoms with Crippen LogP contribution in [0.5, 0.6) is 0 Å².